The molecule has 6 heteroatoms. The molecular formula is C9H17NO5. The average Bonchev–Trinajstić information content (AvgIpc) is 1.96. The van der Waals surface area contributed by atoms with Crippen molar-refractivity contribution in [2.75, 3.05) is 6.54 Å². The molecule has 0 heterocycles. The maximum atomic E-state index is 11.1. The molecule has 1 atom stereocenters. The number of carboxylic acid groups (broad SMARTS) is 1. The van der Waals surface area contributed by atoms with E-state index in [0.717, 1.165) is 0 Å². The number of hydrogen-bond donors (Lipinski definition) is 3. The second-order valence-corrected chi connectivity index (χ2v) is 4.13. The molecule has 88 valence electrons. The Kier molecular flexibility index (Phi) is 5.07. The van der Waals surface area contributed by atoms with Crippen LogP contribution in [0.1, 0.15) is 27.2 Å². The van der Waals surface area contributed by atoms with Gasteiger partial charge in [0, 0.05) is 6.54 Å². The molecule has 0 aliphatic rings. The monoisotopic (exact) mass is 219 g/mol. The van der Waals surface area contributed by atoms with Crippen LogP contribution >= 0.6 is 0 Å². The van der Waals surface area contributed by atoms with Gasteiger partial charge < -0.3 is 20.3 Å². The van der Waals surface area contributed by atoms with Crippen molar-refractivity contribution >= 4 is 12.1 Å². The number of aliphatic hydroxyl groups excluding tert-OH is 1. The summed E-state index contributed by atoms with van der Waals surface area (Å²) in [5, 5.41) is 19.7. The van der Waals surface area contributed by atoms with Gasteiger partial charge in [-0.05, 0) is 20.8 Å². The minimum absolute atomic E-state index is 0.138. The Balaban J connectivity index is 3.76. The van der Waals surface area contributed by atoms with Crippen molar-refractivity contribution in [3.8, 4) is 0 Å². The fourth-order valence-corrected chi connectivity index (χ4v) is 0.789. The molecule has 0 saturated carbocycles. The Morgan fingerprint density at radius 1 is 1.40 bits per heavy atom. The summed E-state index contributed by atoms with van der Waals surface area (Å²) in [7, 11) is 0. The summed E-state index contributed by atoms with van der Waals surface area (Å²) < 4.78 is 4.88. The Labute approximate surface area is 88.2 Å². The number of rotatable bonds is 4. The fraction of sp³-hybridized carbons (Fsp3) is 0.778. The highest BCUT2D eigenvalue weighted by Crippen LogP contribution is 2.06. The molecule has 1 amide bonds. The first-order chi connectivity index (χ1) is 6.70. The van der Waals surface area contributed by atoms with Gasteiger partial charge in [0.1, 0.15) is 5.60 Å². The lowest BCUT2D eigenvalue weighted by molar-refractivity contribution is -0.139. The third-order valence-electron chi connectivity index (χ3n) is 1.29. The van der Waals surface area contributed by atoms with E-state index in [-0.39, 0.29) is 6.54 Å². The minimum Gasteiger partial charge on any atom is -0.481 e. The van der Waals surface area contributed by atoms with Gasteiger partial charge in [-0.2, -0.15) is 0 Å². The Morgan fingerprint density at radius 2 is 1.93 bits per heavy atom. The predicted octanol–water partition coefficient (Wildman–Crippen LogP) is 0.347. The summed E-state index contributed by atoms with van der Waals surface area (Å²) in [4.78, 5) is 21.2. The van der Waals surface area contributed by atoms with E-state index in [1.54, 1.807) is 20.8 Å². The van der Waals surface area contributed by atoms with Gasteiger partial charge in [0.2, 0.25) is 0 Å². The highest BCUT2D eigenvalue weighted by molar-refractivity contribution is 5.69. The van der Waals surface area contributed by atoms with Gasteiger partial charge in [-0.15, -0.1) is 0 Å². The van der Waals surface area contributed by atoms with E-state index in [0.29, 0.717) is 0 Å². The van der Waals surface area contributed by atoms with Gasteiger partial charge in [-0.25, -0.2) is 4.79 Å². The van der Waals surface area contributed by atoms with Gasteiger partial charge in [-0.3, -0.25) is 4.79 Å². The van der Waals surface area contributed by atoms with Crippen LogP contribution in [0, 0.1) is 0 Å². The second-order valence-electron chi connectivity index (χ2n) is 4.13. The molecule has 15 heavy (non-hydrogen) atoms. The lowest BCUT2D eigenvalue weighted by Gasteiger charge is -2.20. The second kappa shape index (κ2) is 5.55. The number of hydrogen-bond acceptors (Lipinski definition) is 4. The number of aliphatic carboxylic acids is 1. The lowest BCUT2D eigenvalue weighted by atomic mass is 10.2. The van der Waals surface area contributed by atoms with Crippen molar-refractivity contribution < 1.29 is 24.5 Å². The normalized spacial score (nSPS) is 13.1. The van der Waals surface area contributed by atoms with Crippen molar-refractivity contribution in [3.63, 3.8) is 0 Å². The van der Waals surface area contributed by atoms with Crippen LogP contribution in [0.2, 0.25) is 0 Å². The molecule has 0 saturated heterocycles. The SMILES string of the molecule is CC(C)(C)OC(=O)NC[C@H](O)CC(=O)O. The Bertz CT molecular complexity index is 233. The third kappa shape index (κ3) is 9.01. The summed E-state index contributed by atoms with van der Waals surface area (Å²) in [6, 6.07) is 0. The van der Waals surface area contributed by atoms with Crippen LogP contribution in [-0.4, -0.2) is 40.5 Å². The number of carbonyl (C=O) groups excluding carboxylic acids is 1. The average molecular weight is 219 g/mol. The molecule has 0 spiro atoms. The van der Waals surface area contributed by atoms with Crippen LogP contribution in [0.5, 0.6) is 0 Å². The largest absolute Gasteiger partial charge is 0.481 e. The number of nitrogens with one attached hydrogen (secondary N) is 1. The molecule has 0 aliphatic heterocycles. The molecule has 0 rings (SSSR count). The fourth-order valence-electron chi connectivity index (χ4n) is 0.789. The highest BCUT2D eigenvalue weighted by atomic mass is 16.6. The number of amides is 1. The maximum absolute atomic E-state index is 11.1. The summed E-state index contributed by atoms with van der Waals surface area (Å²) in [5.74, 6) is -1.12. The number of carbonyl (C=O) groups is 2. The molecule has 0 aromatic carbocycles. The molecular weight excluding hydrogens is 202 g/mol. The topological polar surface area (TPSA) is 95.9 Å². The van der Waals surface area contributed by atoms with E-state index in [9.17, 15) is 9.59 Å². The summed E-state index contributed by atoms with van der Waals surface area (Å²) in [6.07, 6.45) is -2.18. The quantitative estimate of drug-likeness (QED) is 0.634. The molecule has 0 aromatic heterocycles. The maximum Gasteiger partial charge on any atom is 0.407 e. The van der Waals surface area contributed by atoms with E-state index < -0.39 is 30.2 Å². The van der Waals surface area contributed by atoms with E-state index in [1.165, 1.54) is 0 Å². The van der Waals surface area contributed by atoms with E-state index in [2.05, 4.69) is 5.32 Å². The van der Waals surface area contributed by atoms with Gasteiger partial charge in [0.15, 0.2) is 0 Å². The first-order valence-corrected chi connectivity index (χ1v) is 4.57. The molecule has 0 radical (unpaired) electrons. The van der Waals surface area contributed by atoms with Crippen molar-refractivity contribution in [1.29, 1.82) is 0 Å². The summed E-state index contributed by atoms with van der Waals surface area (Å²) in [5.41, 5.74) is -0.609. The molecule has 0 fully saturated rings. The van der Waals surface area contributed by atoms with Crippen LogP contribution < -0.4 is 5.32 Å². The molecule has 0 unspecified atom stereocenters. The first kappa shape index (κ1) is 13.7. The van der Waals surface area contributed by atoms with Crippen LogP contribution in [0.15, 0.2) is 0 Å². The van der Waals surface area contributed by atoms with E-state index in [4.69, 9.17) is 14.9 Å². The summed E-state index contributed by atoms with van der Waals surface area (Å²) >= 11 is 0. The van der Waals surface area contributed by atoms with Crippen molar-refractivity contribution in [1.82, 2.24) is 5.32 Å². The van der Waals surface area contributed by atoms with Crippen LogP contribution in [0.4, 0.5) is 4.79 Å². The molecule has 0 aromatic rings. The standard InChI is InChI=1S/C9H17NO5/c1-9(2,3)15-8(14)10-5-6(11)4-7(12)13/h6,11H,4-5H2,1-3H3,(H,10,14)(H,12,13)/t6-/m1/s1. The zero-order valence-electron chi connectivity index (χ0n) is 9.11. The number of carboxylic acids is 1. The van der Waals surface area contributed by atoms with Crippen LogP contribution in [-0.2, 0) is 9.53 Å². The Morgan fingerprint density at radius 3 is 2.33 bits per heavy atom. The number of ether oxygens (including phenoxy) is 1. The minimum atomic E-state index is -1.12. The van der Waals surface area contributed by atoms with Gasteiger partial charge in [0.05, 0.1) is 12.5 Å². The molecule has 6 nitrogen and oxygen atoms in total. The number of alkyl carbamates (subject to hydrolysis) is 1. The first-order valence-electron chi connectivity index (χ1n) is 4.57. The van der Waals surface area contributed by atoms with Gasteiger partial charge in [-0.1, -0.05) is 0 Å². The van der Waals surface area contributed by atoms with Gasteiger partial charge in [0.25, 0.3) is 0 Å². The van der Waals surface area contributed by atoms with Crippen LogP contribution in [0.3, 0.4) is 0 Å². The third-order valence-corrected chi connectivity index (χ3v) is 1.29. The molecule has 0 aliphatic carbocycles. The smallest absolute Gasteiger partial charge is 0.407 e. The van der Waals surface area contributed by atoms with Crippen molar-refractivity contribution in [3.05, 3.63) is 0 Å². The lowest BCUT2D eigenvalue weighted by Crippen LogP contribution is -2.37. The molecule has 3 N–H and O–H groups in total. The van der Waals surface area contributed by atoms with Crippen molar-refractivity contribution in [2.24, 2.45) is 0 Å². The number of aliphatic hydroxyl groups is 1. The van der Waals surface area contributed by atoms with E-state index >= 15 is 0 Å². The highest BCUT2D eigenvalue weighted by Gasteiger charge is 2.17. The van der Waals surface area contributed by atoms with Crippen LogP contribution in [0.25, 0.3) is 0 Å². The zero-order valence-corrected chi connectivity index (χ0v) is 9.11. The van der Waals surface area contributed by atoms with E-state index in [1.807, 2.05) is 0 Å². The van der Waals surface area contributed by atoms with Crippen molar-refractivity contribution in [2.45, 2.75) is 38.9 Å². The zero-order chi connectivity index (χ0) is 12.1. The van der Waals surface area contributed by atoms with Gasteiger partial charge >= 0.3 is 12.1 Å². The Hall–Kier alpha value is -1.30. The molecule has 0 bridgehead atoms. The predicted molar refractivity (Wildman–Crippen MR) is 52.5 cm³/mol. The summed E-state index contributed by atoms with van der Waals surface area (Å²) in [6.45, 7) is 4.99.